The molecule has 4 nitrogen and oxygen atoms in total. The second-order valence-electron chi connectivity index (χ2n) is 4.79. The van der Waals surface area contributed by atoms with Gasteiger partial charge in [0, 0.05) is 0 Å². The molecule has 0 fully saturated rings. The first-order chi connectivity index (χ1) is 11.1. The molecule has 0 aliphatic rings. The summed E-state index contributed by atoms with van der Waals surface area (Å²) in [4.78, 5) is 8.62. The number of nitrogens with zero attached hydrogens (tertiary/aromatic N) is 3. The van der Waals surface area contributed by atoms with Gasteiger partial charge in [-0.05, 0) is 50.3 Å². The summed E-state index contributed by atoms with van der Waals surface area (Å²) in [5.74, 6) is -6.21. The largest absolute Gasteiger partial charge is 0.411 e. The van der Waals surface area contributed by atoms with Crippen LogP contribution in [-0.4, -0.2) is 21.4 Å². The Bertz CT molecular complexity index is 718. The molecule has 0 bridgehead atoms. The lowest BCUT2D eigenvalue weighted by molar-refractivity contribution is 0.321. The van der Waals surface area contributed by atoms with E-state index in [0.717, 1.165) is 45.4 Å². The zero-order chi connectivity index (χ0) is 18.6. The van der Waals surface area contributed by atoms with Gasteiger partial charge in [0.15, 0.2) is 23.3 Å². The van der Waals surface area contributed by atoms with Crippen LogP contribution in [0, 0.1) is 54.5 Å². The number of aromatic nitrogens is 2. The van der Waals surface area contributed by atoms with Crippen molar-refractivity contribution in [1.29, 1.82) is 0 Å². The van der Waals surface area contributed by atoms with Gasteiger partial charge in [-0.25, -0.2) is 17.6 Å². The Morgan fingerprint density at radius 3 is 1.42 bits per heavy atom. The summed E-state index contributed by atoms with van der Waals surface area (Å²) in [7, 11) is 0. The maximum Gasteiger partial charge on any atom is 0.175 e. The first kappa shape index (κ1) is 20.3. The molecule has 1 aromatic carbocycles. The molecule has 9 heteroatoms. The standard InChI is InChI=1S/C8H12N2.C7H2F4INO/c1-5-6(2)10-8(4)7(3)9-5;8-3-2(1-13-14)4(9)6(11)7(12)5(3)10/h1-4H3;1,14H/b;13-1+. The monoisotopic (exact) mass is 455 g/mol. The van der Waals surface area contributed by atoms with Gasteiger partial charge in [-0.15, -0.1) is 0 Å². The molecule has 0 unspecified atom stereocenters. The molecule has 0 aliphatic heterocycles. The molecule has 0 amide bonds. The van der Waals surface area contributed by atoms with Crippen molar-refractivity contribution in [2.45, 2.75) is 27.7 Å². The fourth-order valence-electron chi connectivity index (χ4n) is 1.62. The lowest BCUT2D eigenvalue weighted by Gasteiger charge is -2.03. The van der Waals surface area contributed by atoms with Crippen molar-refractivity contribution in [3.63, 3.8) is 0 Å². The lowest BCUT2D eigenvalue weighted by Crippen LogP contribution is -2.05. The highest BCUT2D eigenvalue weighted by Crippen LogP contribution is 2.24. The van der Waals surface area contributed by atoms with E-state index in [1.54, 1.807) is 0 Å². The average molecular weight is 455 g/mol. The van der Waals surface area contributed by atoms with E-state index in [4.69, 9.17) is 5.21 Å². The van der Waals surface area contributed by atoms with Gasteiger partial charge in [-0.1, -0.05) is 5.16 Å². The third-order valence-corrected chi connectivity index (χ3v) is 4.10. The lowest BCUT2D eigenvalue weighted by atomic mass is 10.2. The summed E-state index contributed by atoms with van der Waals surface area (Å²) in [6.07, 6.45) is 0.285. The predicted molar refractivity (Wildman–Crippen MR) is 89.4 cm³/mol. The fraction of sp³-hybridized carbons (Fsp3) is 0.267. The third-order valence-electron chi connectivity index (χ3n) is 3.15. The number of halogens is 5. The van der Waals surface area contributed by atoms with Crippen LogP contribution >= 0.6 is 22.6 Å². The number of benzene rings is 1. The molecule has 24 heavy (non-hydrogen) atoms. The van der Waals surface area contributed by atoms with Gasteiger partial charge in [0.05, 0.1) is 38.1 Å². The summed E-state index contributed by atoms with van der Waals surface area (Å²) < 4.78 is 50.7. The molecule has 130 valence electrons. The van der Waals surface area contributed by atoms with E-state index in [0.29, 0.717) is 0 Å². The predicted octanol–water partition coefficient (Wildman–Crippen LogP) is 4.37. The van der Waals surface area contributed by atoms with Crippen molar-refractivity contribution in [3.8, 4) is 0 Å². The topological polar surface area (TPSA) is 58.4 Å². The normalized spacial score (nSPS) is 10.7. The molecule has 1 aromatic heterocycles. The minimum atomic E-state index is -1.59. The molecular formula is C15H14F4IN3O. The first-order valence-corrected chi connectivity index (χ1v) is 7.66. The van der Waals surface area contributed by atoms with E-state index < -0.39 is 32.4 Å². The third kappa shape index (κ3) is 4.40. The first-order valence-electron chi connectivity index (χ1n) is 6.59. The molecule has 0 saturated heterocycles. The molecule has 1 heterocycles. The highest BCUT2D eigenvalue weighted by atomic mass is 127. The molecule has 1 N–H and O–H groups in total. The molecule has 0 aliphatic carbocycles. The smallest absolute Gasteiger partial charge is 0.175 e. The van der Waals surface area contributed by atoms with Gasteiger partial charge in [0.2, 0.25) is 0 Å². The van der Waals surface area contributed by atoms with Crippen LogP contribution < -0.4 is 0 Å². The molecular weight excluding hydrogens is 441 g/mol. The molecule has 0 radical (unpaired) electrons. The average Bonchev–Trinajstić information content (AvgIpc) is 2.54. The van der Waals surface area contributed by atoms with Crippen LogP contribution in [0.4, 0.5) is 17.6 Å². The molecule has 0 atom stereocenters. The van der Waals surface area contributed by atoms with Gasteiger partial charge in [-0.2, -0.15) is 0 Å². The SMILES string of the molecule is Cc1nc(C)c(C)nc1C.O/N=C/c1c(F)c(F)c(I)c(F)c1F. The van der Waals surface area contributed by atoms with Crippen molar-refractivity contribution in [2.75, 3.05) is 0 Å². The van der Waals surface area contributed by atoms with Crippen molar-refractivity contribution in [2.24, 2.45) is 5.16 Å². The Kier molecular flexibility index (Phi) is 7.06. The van der Waals surface area contributed by atoms with Crippen molar-refractivity contribution in [3.05, 3.63) is 55.2 Å². The summed E-state index contributed by atoms with van der Waals surface area (Å²) in [5, 5.41) is 10.3. The maximum absolute atomic E-state index is 12.9. The van der Waals surface area contributed by atoms with E-state index in [1.165, 1.54) is 0 Å². The van der Waals surface area contributed by atoms with Crippen LogP contribution in [0.1, 0.15) is 28.3 Å². The number of hydrogen-bond donors (Lipinski definition) is 1. The second-order valence-corrected chi connectivity index (χ2v) is 5.87. The number of aryl methyl sites for hydroxylation is 4. The summed E-state index contributed by atoms with van der Waals surface area (Å²) in [6, 6.07) is 0. The van der Waals surface area contributed by atoms with Crippen molar-refractivity contribution in [1.82, 2.24) is 9.97 Å². The van der Waals surface area contributed by atoms with E-state index in [9.17, 15) is 17.6 Å². The quantitative estimate of drug-likeness (QED) is 0.132. The fourth-order valence-corrected chi connectivity index (χ4v) is 2.09. The Morgan fingerprint density at radius 1 is 0.792 bits per heavy atom. The Morgan fingerprint density at radius 2 is 1.12 bits per heavy atom. The minimum absolute atomic E-state index is 0.285. The number of rotatable bonds is 1. The Hall–Kier alpha value is -1.78. The molecule has 2 aromatic rings. The highest BCUT2D eigenvalue weighted by molar-refractivity contribution is 14.1. The minimum Gasteiger partial charge on any atom is -0.411 e. The van der Waals surface area contributed by atoms with E-state index in [2.05, 4.69) is 15.1 Å². The Labute approximate surface area is 149 Å². The molecule has 0 spiro atoms. The van der Waals surface area contributed by atoms with Crippen molar-refractivity contribution >= 4 is 28.8 Å². The van der Waals surface area contributed by atoms with Gasteiger partial charge in [0.25, 0.3) is 0 Å². The van der Waals surface area contributed by atoms with Gasteiger partial charge in [-0.3, -0.25) is 9.97 Å². The van der Waals surface area contributed by atoms with E-state index in [1.807, 2.05) is 27.7 Å². The van der Waals surface area contributed by atoms with Crippen LogP contribution in [0.2, 0.25) is 0 Å². The van der Waals surface area contributed by atoms with Crippen LogP contribution in [0.15, 0.2) is 5.16 Å². The van der Waals surface area contributed by atoms with Gasteiger partial charge >= 0.3 is 0 Å². The van der Waals surface area contributed by atoms with E-state index >= 15 is 0 Å². The highest BCUT2D eigenvalue weighted by Gasteiger charge is 2.22. The Balaban J connectivity index is 0.000000254. The van der Waals surface area contributed by atoms with E-state index in [-0.39, 0.29) is 6.21 Å². The summed E-state index contributed by atoms with van der Waals surface area (Å²) in [5.41, 5.74) is 3.07. The van der Waals surface area contributed by atoms with Crippen LogP contribution in [0.5, 0.6) is 0 Å². The van der Waals surface area contributed by atoms with Gasteiger partial charge < -0.3 is 5.21 Å². The number of oxime groups is 1. The van der Waals surface area contributed by atoms with Gasteiger partial charge in [0.1, 0.15) is 0 Å². The summed E-state index contributed by atoms with van der Waals surface area (Å²) in [6.45, 7) is 7.92. The van der Waals surface area contributed by atoms with Crippen LogP contribution in [-0.2, 0) is 0 Å². The molecule has 2 rings (SSSR count). The summed E-state index contributed by atoms with van der Waals surface area (Å²) >= 11 is 1.13. The number of hydrogen-bond acceptors (Lipinski definition) is 4. The maximum atomic E-state index is 12.9. The molecule has 0 saturated carbocycles. The second kappa shape index (κ2) is 8.36. The van der Waals surface area contributed by atoms with Crippen molar-refractivity contribution < 1.29 is 22.8 Å². The zero-order valence-corrected chi connectivity index (χ0v) is 15.4. The van der Waals surface area contributed by atoms with Crippen LogP contribution in [0.3, 0.4) is 0 Å². The van der Waals surface area contributed by atoms with Crippen LogP contribution in [0.25, 0.3) is 0 Å². The zero-order valence-electron chi connectivity index (χ0n) is 13.3.